The van der Waals surface area contributed by atoms with Crippen LogP contribution in [0.15, 0.2) is 42.5 Å². The van der Waals surface area contributed by atoms with E-state index in [2.05, 4.69) is 10.9 Å². The molecule has 2 aromatic carbocycles. The van der Waals surface area contributed by atoms with Gasteiger partial charge in [-0.2, -0.15) is 0 Å². The number of ether oxygens (including phenoxy) is 2. The predicted molar refractivity (Wildman–Crippen MR) is 112 cm³/mol. The molecule has 3 rings (SSSR count). The topological polar surface area (TPSA) is 93.7 Å². The molecule has 2 amide bonds. The van der Waals surface area contributed by atoms with Crippen LogP contribution in [0.2, 0.25) is 10.0 Å². The Labute approximate surface area is 183 Å². The molecule has 0 unspecified atom stereocenters. The fraction of sp³-hybridized carbons (Fsp3) is 0.286. The number of carbonyl (C=O) groups is 3. The zero-order chi connectivity index (χ0) is 21.7. The Hall–Kier alpha value is -2.77. The zero-order valence-electron chi connectivity index (χ0n) is 16.2. The third kappa shape index (κ3) is 4.68. The fourth-order valence-electron chi connectivity index (χ4n) is 3.27. The molecule has 2 N–H and O–H groups in total. The number of benzene rings is 2. The Morgan fingerprint density at radius 2 is 1.67 bits per heavy atom. The second-order valence-corrected chi connectivity index (χ2v) is 7.74. The molecular weight excluding hydrogens is 431 g/mol. The standard InChI is InChI=1S/C21H20Cl2N2O5/c1-29-17-8-7-15(23)11-16(17)19(27)25-24-18(26)12-30-20(28)21(9-2-10-21)13-3-5-14(22)6-4-13/h3-8,11H,2,9-10,12H2,1H3,(H,24,26)(H,25,27). The van der Waals surface area contributed by atoms with E-state index in [-0.39, 0.29) is 5.56 Å². The molecule has 9 heteroatoms. The number of esters is 1. The molecule has 30 heavy (non-hydrogen) atoms. The highest BCUT2D eigenvalue weighted by Crippen LogP contribution is 2.45. The number of hydrogen-bond donors (Lipinski definition) is 2. The molecule has 0 spiro atoms. The lowest BCUT2D eigenvalue weighted by Crippen LogP contribution is -2.47. The molecule has 0 atom stereocenters. The van der Waals surface area contributed by atoms with Crippen molar-refractivity contribution in [3.05, 3.63) is 63.6 Å². The first-order chi connectivity index (χ1) is 14.4. The number of rotatable bonds is 6. The minimum atomic E-state index is -0.762. The van der Waals surface area contributed by atoms with Gasteiger partial charge in [0.05, 0.1) is 18.1 Å². The van der Waals surface area contributed by atoms with Crippen molar-refractivity contribution >= 4 is 41.0 Å². The summed E-state index contributed by atoms with van der Waals surface area (Å²) < 4.78 is 10.3. The van der Waals surface area contributed by atoms with Gasteiger partial charge in [-0.1, -0.05) is 41.8 Å². The summed E-state index contributed by atoms with van der Waals surface area (Å²) in [4.78, 5) is 37.0. The quantitative estimate of drug-likeness (QED) is 0.519. The molecular formula is C21H20Cl2N2O5. The van der Waals surface area contributed by atoms with E-state index < -0.39 is 29.8 Å². The van der Waals surface area contributed by atoms with Crippen molar-refractivity contribution in [3.8, 4) is 5.75 Å². The van der Waals surface area contributed by atoms with Gasteiger partial charge in [-0.05, 0) is 48.7 Å². The maximum absolute atomic E-state index is 12.7. The smallest absolute Gasteiger partial charge is 0.317 e. The largest absolute Gasteiger partial charge is 0.496 e. The van der Waals surface area contributed by atoms with E-state index in [1.165, 1.54) is 19.2 Å². The SMILES string of the molecule is COc1ccc(Cl)cc1C(=O)NNC(=O)COC(=O)C1(c2ccc(Cl)cc2)CCC1. The summed E-state index contributed by atoms with van der Waals surface area (Å²) in [5, 5.41) is 0.919. The summed E-state index contributed by atoms with van der Waals surface area (Å²) in [6.07, 6.45) is 2.17. The zero-order valence-corrected chi connectivity index (χ0v) is 17.7. The van der Waals surface area contributed by atoms with Crippen LogP contribution >= 0.6 is 23.2 Å². The highest BCUT2D eigenvalue weighted by atomic mass is 35.5. The molecule has 0 aliphatic heterocycles. The minimum Gasteiger partial charge on any atom is -0.496 e. The maximum Gasteiger partial charge on any atom is 0.317 e. The van der Waals surface area contributed by atoms with Gasteiger partial charge in [-0.15, -0.1) is 0 Å². The van der Waals surface area contributed by atoms with E-state index in [0.29, 0.717) is 28.6 Å². The van der Waals surface area contributed by atoms with Gasteiger partial charge in [0.2, 0.25) is 0 Å². The normalized spacial score (nSPS) is 14.2. The first kappa shape index (κ1) is 21.9. The molecule has 158 valence electrons. The van der Waals surface area contributed by atoms with Gasteiger partial charge in [0.15, 0.2) is 6.61 Å². The molecule has 1 fully saturated rings. The predicted octanol–water partition coefficient (Wildman–Crippen LogP) is 3.43. The minimum absolute atomic E-state index is 0.151. The van der Waals surface area contributed by atoms with Crippen molar-refractivity contribution in [1.29, 1.82) is 0 Å². The van der Waals surface area contributed by atoms with Crippen LogP contribution in [0.4, 0.5) is 0 Å². The first-order valence-electron chi connectivity index (χ1n) is 9.22. The lowest BCUT2D eigenvalue weighted by atomic mass is 9.64. The molecule has 2 aromatic rings. The molecule has 0 heterocycles. The average Bonchev–Trinajstić information content (AvgIpc) is 2.71. The van der Waals surface area contributed by atoms with Gasteiger partial charge in [0.1, 0.15) is 5.75 Å². The summed E-state index contributed by atoms with van der Waals surface area (Å²) >= 11 is 11.8. The van der Waals surface area contributed by atoms with Gasteiger partial charge in [0, 0.05) is 10.0 Å². The van der Waals surface area contributed by atoms with E-state index >= 15 is 0 Å². The Bertz CT molecular complexity index is 958. The summed E-state index contributed by atoms with van der Waals surface area (Å²) in [5.74, 6) is -1.48. The Balaban J connectivity index is 1.54. The first-order valence-corrected chi connectivity index (χ1v) is 9.97. The number of methoxy groups -OCH3 is 1. The van der Waals surface area contributed by atoms with Crippen LogP contribution in [0.1, 0.15) is 35.2 Å². The Morgan fingerprint density at radius 3 is 2.27 bits per heavy atom. The van der Waals surface area contributed by atoms with Gasteiger partial charge >= 0.3 is 5.97 Å². The van der Waals surface area contributed by atoms with E-state index in [1.54, 1.807) is 30.3 Å². The van der Waals surface area contributed by atoms with Crippen LogP contribution < -0.4 is 15.6 Å². The van der Waals surface area contributed by atoms with Gasteiger partial charge in [-0.25, -0.2) is 0 Å². The second-order valence-electron chi connectivity index (χ2n) is 6.87. The number of nitrogens with one attached hydrogen (secondary N) is 2. The van der Waals surface area contributed by atoms with Crippen LogP contribution in [0, 0.1) is 0 Å². The van der Waals surface area contributed by atoms with Crippen LogP contribution in [-0.2, 0) is 19.7 Å². The van der Waals surface area contributed by atoms with Crippen LogP contribution in [-0.4, -0.2) is 31.5 Å². The maximum atomic E-state index is 12.7. The van der Waals surface area contributed by atoms with Gasteiger partial charge in [-0.3, -0.25) is 25.2 Å². The number of hydrogen-bond acceptors (Lipinski definition) is 5. The molecule has 1 saturated carbocycles. The highest BCUT2D eigenvalue weighted by Gasteiger charge is 2.47. The van der Waals surface area contributed by atoms with Crippen LogP contribution in [0.5, 0.6) is 5.75 Å². The monoisotopic (exact) mass is 450 g/mol. The van der Waals surface area contributed by atoms with E-state index in [1.807, 2.05) is 0 Å². The summed E-state index contributed by atoms with van der Waals surface area (Å²) in [6.45, 7) is -0.527. The van der Waals surface area contributed by atoms with E-state index in [4.69, 9.17) is 32.7 Å². The van der Waals surface area contributed by atoms with Crippen molar-refractivity contribution in [2.75, 3.05) is 13.7 Å². The van der Waals surface area contributed by atoms with Crippen molar-refractivity contribution in [2.24, 2.45) is 0 Å². The highest BCUT2D eigenvalue weighted by molar-refractivity contribution is 6.31. The Morgan fingerprint density at radius 1 is 1.00 bits per heavy atom. The fourth-order valence-corrected chi connectivity index (χ4v) is 3.56. The molecule has 7 nitrogen and oxygen atoms in total. The molecule has 0 saturated heterocycles. The Kier molecular flexibility index (Phi) is 6.84. The summed E-state index contributed by atoms with van der Waals surface area (Å²) in [5.41, 5.74) is 4.66. The second kappa shape index (κ2) is 9.36. The van der Waals surface area contributed by atoms with Gasteiger partial charge < -0.3 is 9.47 Å². The molecule has 0 aromatic heterocycles. The van der Waals surface area contributed by atoms with E-state index in [9.17, 15) is 14.4 Å². The number of amides is 2. The molecule has 1 aliphatic rings. The van der Waals surface area contributed by atoms with Crippen molar-refractivity contribution < 1.29 is 23.9 Å². The molecule has 0 bridgehead atoms. The third-order valence-corrected chi connectivity index (χ3v) is 5.54. The molecule has 0 radical (unpaired) electrons. The number of carbonyl (C=O) groups excluding carboxylic acids is 3. The van der Waals surface area contributed by atoms with Crippen LogP contribution in [0.3, 0.4) is 0 Å². The third-order valence-electron chi connectivity index (χ3n) is 5.05. The summed E-state index contributed by atoms with van der Waals surface area (Å²) in [6, 6.07) is 11.5. The van der Waals surface area contributed by atoms with Crippen molar-refractivity contribution in [2.45, 2.75) is 24.7 Å². The molecule has 1 aliphatic carbocycles. The van der Waals surface area contributed by atoms with Crippen LogP contribution in [0.25, 0.3) is 0 Å². The van der Waals surface area contributed by atoms with Gasteiger partial charge in [0.25, 0.3) is 11.8 Å². The lowest BCUT2D eigenvalue weighted by Gasteiger charge is -2.39. The number of halogens is 2. The summed E-state index contributed by atoms with van der Waals surface area (Å²) in [7, 11) is 1.41. The van der Waals surface area contributed by atoms with Crippen molar-refractivity contribution in [1.82, 2.24) is 10.9 Å². The number of hydrazine groups is 1. The van der Waals surface area contributed by atoms with E-state index in [0.717, 1.165) is 12.0 Å². The van der Waals surface area contributed by atoms with Crippen molar-refractivity contribution in [3.63, 3.8) is 0 Å². The lowest BCUT2D eigenvalue weighted by molar-refractivity contribution is -0.157. The average molecular weight is 451 g/mol.